The summed E-state index contributed by atoms with van der Waals surface area (Å²) in [4.78, 5) is 3.28. The summed E-state index contributed by atoms with van der Waals surface area (Å²) in [5.74, 6) is -0.556. The molecule has 2 aromatic rings. The lowest BCUT2D eigenvalue weighted by Gasteiger charge is -2.07. The van der Waals surface area contributed by atoms with Crippen LogP contribution in [0.5, 0.6) is 0 Å². The summed E-state index contributed by atoms with van der Waals surface area (Å²) in [7, 11) is -4.06. The molecule has 0 saturated heterocycles. The van der Waals surface area contributed by atoms with Gasteiger partial charge in [0.15, 0.2) is 5.82 Å². The maximum Gasteiger partial charge on any atom is 0.335 e. The number of aryl methyl sites for hydroxylation is 1. The Balaban J connectivity index is 2.40. The lowest BCUT2D eigenvalue weighted by molar-refractivity contribution is 0.429. The Hall–Kier alpha value is -2.16. The van der Waals surface area contributed by atoms with Gasteiger partial charge < -0.3 is 10.3 Å². The molecule has 1 heterocycles. The molecular formula is C9H9FN4O3S. The first-order valence-electron chi connectivity index (χ1n) is 4.77. The van der Waals surface area contributed by atoms with Crippen LogP contribution in [-0.4, -0.2) is 18.6 Å². The van der Waals surface area contributed by atoms with Gasteiger partial charge in [-0.05, 0) is 19.1 Å². The predicted octanol–water partition coefficient (Wildman–Crippen LogP) is 0.900. The Morgan fingerprint density at radius 2 is 2.17 bits per heavy atom. The van der Waals surface area contributed by atoms with Gasteiger partial charge in [0.2, 0.25) is 0 Å². The van der Waals surface area contributed by atoms with Crippen LogP contribution in [-0.2, 0) is 10.0 Å². The van der Waals surface area contributed by atoms with Gasteiger partial charge in [0, 0.05) is 0 Å². The first-order chi connectivity index (χ1) is 8.40. The van der Waals surface area contributed by atoms with E-state index in [2.05, 4.69) is 14.7 Å². The van der Waals surface area contributed by atoms with Crippen LogP contribution in [0.4, 0.5) is 16.1 Å². The van der Waals surface area contributed by atoms with Crippen molar-refractivity contribution < 1.29 is 17.3 Å². The third kappa shape index (κ3) is 2.25. The average molecular weight is 272 g/mol. The topological polar surface area (TPSA) is 111 Å². The van der Waals surface area contributed by atoms with Crippen molar-refractivity contribution in [3.05, 3.63) is 29.8 Å². The second kappa shape index (κ2) is 4.26. The quantitative estimate of drug-likeness (QED) is 0.803. The Labute approximate surface area is 102 Å². The number of benzene rings is 1. The Bertz CT molecular complexity index is 683. The fourth-order valence-corrected chi connectivity index (χ4v) is 2.33. The first kappa shape index (κ1) is 12.3. The molecule has 0 fully saturated rings. The number of halogens is 1. The molecule has 0 saturated carbocycles. The molecule has 1 aromatic heterocycles. The lowest BCUT2D eigenvalue weighted by Crippen LogP contribution is -2.15. The molecule has 0 atom stereocenters. The van der Waals surface area contributed by atoms with Gasteiger partial charge in [-0.1, -0.05) is 11.2 Å². The van der Waals surface area contributed by atoms with Crippen molar-refractivity contribution in [2.45, 2.75) is 11.8 Å². The summed E-state index contributed by atoms with van der Waals surface area (Å²) in [5.41, 5.74) is 4.90. The second-order valence-electron chi connectivity index (χ2n) is 3.40. The number of anilines is 2. The van der Waals surface area contributed by atoms with E-state index in [0.29, 0.717) is 0 Å². The number of rotatable bonds is 3. The van der Waals surface area contributed by atoms with Gasteiger partial charge in [0.25, 0.3) is 10.0 Å². The van der Waals surface area contributed by atoms with E-state index in [9.17, 15) is 12.8 Å². The van der Waals surface area contributed by atoms with Crippen LogP contribution >= 0.6 is 0 Å². The molecule has 2 rings (SSSR count). The third-order valence-corrected chi connectivity index (χ3v) is 3.43. The summed E-state index contributed by atoms with van der Waals surface area (Å²) in [6.45, 7) is 1.53. The standard InChI is InChI=1S/C9H9FN4O3S/c1-5-12-9(17-13-5)14-18(15,16)7-4-2-3-6(10)8(7)11/h2-4H,11H2,1H3,(H,12,13,14). The summed E-state index contributed by atoms with van der Waals surface area (Å²) < 4.78 is 43.6. The number of hydrogen-bond acceptors (Lipinski definition) is 6. The number of para-hydroxylation sites is 1. The Kier molecular flexibility index (Phi) is 2.91. The number of nitrogens with two attached hydrogens (primary N) is 1. The van der Waals surface area contributed by atoms with Gasteiger partial charge in [-0.15, -0.1) is 0 Å². The van der Waals surface area contributed by atoms with Crippen LogP contribution in [0.3, 0.4) is 0 Å². The average Bonchev–Trinajstić information content (AvgIpc) is 2.67. The van der Waals surface area contributed by atoms with Crippen LogP contribution in [0.1, 0.15) is 5.82 Å². The van der Waals surface area contributed by atoms with Gasteiger partial charge in [0.05, 0.1) is 5.69 Å². The van der Waals surface area contributed by atoms with Crippen LogP contribution < -0.4 is 10.5 Å². The SMILES string of the molecule is Cc1noc(NS(=O)(=O)c2cccc(F)c2N)n1. The third-order valence-electron chi connectivity index (χ3n) is 2.05. The molecule has 0 amide bonds. The molecule has 0 aliphatic carbocycles. The van der Waals surface area contributed by atoms with Gasteiger partial charge in [-0.2, -0.15) is 4.98 Å². The van der Waals surface area contributed by atoms with Crippen molar-refractivity contribution in [3.8, 4) is 0 Å². The zero-order valence-electron chi connectivity index (χ0n) is 9.21. The minimum Gasteiger partial charge on any atom is -0.395 e. The van der Waals surface area contributed by atoms with Crippen LogP contribution in [0.15, 0.2) is 27.6 Å². The molecule has 0 bridgehead atoms. The molecule has 18 heavy (non-hydrogen) atoms. The molecule has 3 N–H and O–H groups in total. The van der Waals surface area contributed by atoms with Crippen molar-refractivity contribution in [3.63, 3.8) is 0 Å². The largest absolute Gasteiger partial charge is 0.395 e. The highest BCUT2D eigenvalue weighted by molar-refractivity contribution is 7.92. The van der Waals surface area contributed by atoms with Crippen molar-refractivity contribution in [2.75, 3.05) is 10.5 Å². The van der Waals surface area contributed by atoms with Gasteiger partial charge >= 0.3 is 6.01 Å². The molecule has 0 aliphatic rings. The fraction of sp³-hybridized carbons (Fsp3) is 0.111. The second-order valence-corrected chi connectivity index (χ2v) is 5.05. The molecule has 0 unspecified atom stereocenters. The monoisotopic (exact) mass is 272 g/mol. The Morgan fingerprint density at radius 1 is 1.44 bits per heavy atom. The molecule has 0 radical (unpaired) electrons. The van der Waals surface area contributed by atoms with E-state index in [4.69, 9.17) is 5.73 Å². The van der Waals surface area contributed by atoms with Gasteiger partial charge in [-0.3, -0.25) is 0 Å². The number of nitrogen functional groups attached to an aromatic ring is 1. The van der Waals surface area contributed by atoms with E-state index in [1.54, 1.807) is 0 Å². The first-order valence-corrected chi connectivity index (χ1v) is 6.25. The highest BCUT2D eigenvalue weighted by atomic mass is 32.2. The van der Waals surface area contributed by atoms with Crippen molar-refractivity contribution >= 4 is 21.7 Å². The van der Waals surface area contributed by atoms with E-state index >= 15 is 0 Å². The normalized spacial score (nSPS) is 11.4. The zero-order chi connectivity index (χ0) is 13.3. The van der Waals surface area contributed by atoms with E-state index in [-0.39, 0.29) is 11.8 Å². The van der Waals surface area contributed by atoms with Crippen molar-refractivity contribution in [1.29, 1.82) is 0 Å². The minimum absolute atomic E-state index is 0.264. The number of sulfonamides is 1. The van der Waals surface area contributed by atoms with Crippen molar-refractivity contribution in [2.24, 2.45) is 0 Å². The molecule has 7 nitrogen and oxygen atoms in total. The predicted molar refractivity (Wildman–Crippen MR) is 60.7 cm³/mol. The molecule has 96 valence electrons. The fourth-order valence-electron chi connectivity index (χ4n) is 1.26. The van der Waals surface area contributed by atoms with Gasteiger partial charge in [-0.25, -0.2) is 17.5 Å². The maximum atomic E-state index is 13.2. The highest BCUT2D eigenvalue weighted by Gasteiger charge is 2.21. The van der Waals surface area contributed by atoms with E-state index in [0.717, 1.165) is 6.07 Å². The molecule has 9 heteroatoms. The summed E-state index contributed by atoms with van der Waals surface area (Å²) in [6, 6.07) is 3.16. The smallest absolute Gasteiger partial charge is 0.335 e. The zero-order valence-corrected chi connectivity index (χ0v) is 10.0. The highest BCUT2D eigenvalue weighted by Crippen LogP contribution is 2.22. The lowest BCUT2D eigenvalue weighted by atomic mass is 10.3. The molecule has 0 spiro atoms. The maximum absolute atomic E-state index is 13.2. The van der Waals surface area contributed by atoms with E-state index in [1.807, 2.05) is 4.72 Å². The van der Waals surface area contributed by atoms with Crippen LogP contribution in [0.2, 0.25) is 0 Å². The van der Waals surface area contributed by atoms with Crippen molar-refractivity contribution in [1.82, 2.24) is 10.1 Å². The number of nitrogens with one attached hydrogen (secondary N) is 1. The minimum atomic E-state index is -4.06. The van der Waals surface area contributed by atoms with E-state index in [1.165, 1.54) is 19.1 Å². The molecule has 0 aliphatic heterocycles. The molecule has 1 aromatic carbocycles. The van der Waals surface area contributed by atoms with Gasteiger partial charge in [0.1, 0.15) is 10.7 Å². The summed E-state index contributed by atoms with van der Waals surface area (Å²) >= 11 is 0. The summed E-state index contributed by atoms with van der Waals surface area (Å²) in [5, 5.41) is 3.42. The molecular weight excluding hydrogens is 263 g/mol. The van der Waals surface area contributed by atoms with Crippen LogP contribution in [0, 0.1) is 12.7 Å². The van der Waals surface area contributed by atoms with E-state index < -0.39 is 26.4 Å². The Morgan fingerprint density at radius 3 is 2.78 bits per heavy atom. The summed E-state index contributed by atoms with van der Waals surface area (Å²) in [6.07, 6.45) is 0. The number of nitrogens with zero attached hydrogens (tertiary/aromatic N) is 2. The van der Waals surface area contributed by atoms with Crippen LogP contribution in [0.25, 0.3) is 0 Å². The number of hydrogen-bond donors (Lipinski definition) is 2. The number of aromatic nitrogens is 2.